The fourth-order valence-corrected chi connectivity index (χ4v) is 4.96. The summed E-state index contributed by atoms with van der Waals surface area (Å²) in [6.45, 7) is 15.5. The second-order valence-corrected chi connectivity index (χ2v) is 10.4. The summed E-state index contributed by atoms with van der Waals surface area (Å²) in [5, 5.41) is 9.82. The molecule has 0 saturated carbocycles. The third kappa shape index (κ3) is 7.11. The van der Waals surface area contributed by atoms with Crippen LogP contribution in [0.15, 0.2) is 65.1 Å². The van der Waals surface area contributed by atoms with Crippen LogP contribution in [0.2, 0.25) is 0 Å². The molecular weight excluding hydrogens is 552 g/mol. The van der Waals surface area contributed by atoms with Gasteiger partial charge in [0.25, 0.3) is 5.56 Å². The van der Waals surface area contributed by atoms with Gasteiger partial charge in [-0.15, -0.1) is 0 Å². The maximum Gasteiger partial charge on any atom is 0.256 e. The third-order valence-corrected chi connectivity index (χ3v) is 7.35. The number of halogens is 2. The molecule has 43 heavy (non-hydrogen) atoms. The van der Waals surface area contributed by atoms with Crippen LogP contribution in [0, 0.1) is 23.5 Å². The number of hydrogen-bond acceptors (Lipinski definition) is 8. The normalized spacial score (nSPS) is 12.0. The van der Waals surface area contributed by atoms with E-state index in [1.54, 1.807) is 6.07 Å². The average molecular weight is 590 g/mol. The topological polar surface area (TPSA) is 105 Å². The SMILES string of the molecule is C=C(NC(C)CN=O)c1ccc(C)c(-c2nc(NCCCN(CC)CC)nc3c2ccc(=O)n3-c2c(F)cccc2F)c1. The van der Waals surface area contributed by atoms with E-state index < -0.39 is 22.9 Å². The monoisotopic (exact) mass is 589 g/mol. The standard InChI is InChI=1S/C32H37F2N7O2/c1-6-40(7-2)17-9-16-35-32-38-29(25-18-23(13-12-20(25)3)22(5)37-21(4)19-36-43)24-14-15-28(42)41(31(24)39-32)30-26(33)10-8-11-27(30)34/h8,10-15,18,21,37H,5-7,9,16-17,19H2,1-4H3,(H,35,38,39). The molecule has 0 aliphatic heterocycles. The number of benzene rings is 2. The first-order chi connectivity index (χ1) is 20.7. The Morgan fingerprint density at radius 1 is 1.09 bits per heavy atom. The van der Waals surface area contributed by atoms with E-state index in [9.17, 15) is 9.70 Å². The number of nitrogens with one attached hydrogen (secondary N) is 2. The maximum atomic E-state index is 15.0. The van der Waals surface area contributed by atoms with Crippen LogP contribution in [0.25, 0.3) is 33.7 Å². The molecule has 4 aromatic rings. The zero-order valence-corrected chi connectivity index (χ0v) is 25.0. The number of nitrogens with zero attached hydrogens (tertiary/aromatic N) is 5. The Morgan fingerprint density at radius 2 is 1.81 bits per heavy atom. The van der Waals surface area contributed by atoms with Crippen LogP contribution >= 0.6 is 0 Å². The van der Waals surface area contributed by atoms with Crippen molar-refractivity contribution in [1.82, 2.24) is 24.8 Å². The molecule has 1 unspecified atom stereocenters. The van der Waals surface area contributed by atoms with Crippen molar-refractivity contribution in [3.8, 4) is 16.9 Å². The average Bonchev–Trinajstić information content (AvgIpc) is 2.98. The summed E-state index contributed by atoms with van der Waals surface area (Å²) in [5.41, 5.74) is 2.37. The molecule has 0 saturated heterocycles. The van der Waals surface area contributed by atoms with Crippen molar-refractivity contribution in [3.05, 3.63) is 93.1 Å². The van der Waals surface area contributed by atoms with E-state index in [0.717, 1.165) is 59.4 Å². The Labute approximate surface area is 249 Å². The lowest BCUT2D eigenvalue weighted by atomic mass is 9.98. The van der Waals surface area contributed by atoms with Gasteiger partial charge in [0, 0.05) is 35.3 Å². The van der Waals surface area contributed by atoms with Gasteiger partial charge in [-0.1, -0.05) is 43.8 Å². The van der Waals surface area contributed by atoms with Gasteiger partial charge in [0.15, 0.2) is 5.65 Å². The molecule has 1 atom stereocenters. The molecule has 9 nitrogen and oxygen atoms in total. The highest BCUT2D eigenvalue weighted by Crippen LogP contribution is 2.32. The lowest BCUT2D eigenvalue weighted by Crippen LogP contribution is -2.26. The van der Waals surface area contributed by atoms with Gasteiger partial charge in [-0.25, -0.2) is 13.8 Å². The molecule has 0 bridgehead atoms. The lowest BCUT2D eigenvalue weighted by Gasteiger charge is -2.19. The molecule has 226 valence electrons. The second kappa shape index (κ2) is 14.1. The van der Waals surface area contributed by atoms with Gasteiger partial charge in [-0.2, -0.15) is 9.89 Å². The largest absolute Gasteiger partial charge is 0.381 e. The zero-order valence-electron chi connectivity index (χ0n) is 25.0. The lowest BCUT2D eigenvalue weighted by molar-refractivity contribution is 0.303. The predicted octanol–water partition coefficient (Wildman–Crippen LogP) is 5.89. The number of anilines is 1. The van der Waals surface area contributed by atoms with Gasteiger partial charge < -0.3 is 15.5 Å². The Balaban J connectivity index is 1.89. The van der Waals surface area contributed by atoms with E-state index in [1.807, 2.05) is 32.0 Å². The van der Waals surface area contributed by atoms with E-state index in [0.29, 0.717) is 23.3 Å². The minimum absolute atomic E-state index is 0.0696. The molecule has 2 heterocycles. The highest BCUT2D eigenvalue weighted by molar-refractivity contribution is 5.93. The van der Waals surface area contributed by atoms with Gasteiger partial charge in [0.05, 0.1) is 5.69 Å². The van der Waals surface area contributed by atoms with Crippen LogP contribution in [0.5, 0.6) is 0 Å². The third-order valence-electron chi connectivity index (χ3n) is 7.35. The molecule has 0 aliphatic carbocycles. The van der Waals surface area contributed by atoms with Crippen LogP contribution in [-0.4, -0.2) is 58.2 Å². The Morgan fingerprint density at radius 3 is 2.49 bits per heavy atom. The van der Waals surface area contributed by atoms with Crippen molar-refractivity contribution in [1.29, 1.82) is 0 Å². The van der Waals surface area contributed by atoms with Gasteiger partial charge in [-0.3, -0.25) is 9.36 Å². The number of pyridine rings is 1. The first-order valence-corrected chi connectivity index (χ1v) is 14.4. The maximum absolute atomic E-state index is 15.0. The fraction of sp³-hybridized carbons (Fsp3) is 0.344. The summed E-state index contributed by atoms with van der Waals surface area (Å²) in [4.78, 5) is 35.6. The summed E-state index contributed by atoms with van der Waals surface area (Å²) in [6, 6.07) is 11.8. The number of fused-ring (bicyclic) bond motifs is 1. The zero-order chi connectivity index (χ0) is 31.1. The van der Waals surface area contributed by atoms with E-state index in [-0.39, 0.29) is 24.2 Å². The highest BCUT2D eigenvalue weighted by Gasteiger charge is 2.21. The number of para-hydroxylation sites is 1. The van der Waals surface area contributed by atoms with Crippen molar-refractivity contribution in [2.24, 2.45) is 5.18 Å². The van der Waals surface area contributed by atoms with Crippen LogP contribution in [0.3, 0.4) is 0 Å². The number of hydrogen-bond donors (Lipinski definition) is 2. The fourth-order valence-electron chi connectivity index (χ4n) is 4.96. The smallest absolute Gasteiger partial charge is 0.256 e. The number of rotatable bonds is 14. The van der Waals surface area contributed by atoms with Gasteiger partial charge >= 0.3 is 0 Å². The molecule has 0 spiro atoms. The quantitative estimate of drug-likeness (QED) is 0.140. The Kier molecular flexibility index (Phi) is 10.3. The van der Waals surface area contributed by atoms with Crippen molar-refractivity contribution in [2.75, 3.05) is 38.0 Å². The Hall–Kier alpha value is -4.51. The molecule has 0 aliphatic rings. The van der Waals surface area contributed by atoms with E-state index in [2.05, 4.69) is 46.1 Å². The first-order valence-electron chi connectivity index (χ1n) is 14.4. The summed E-state index contributed by atoms with van der Waals surface area (Å²) in [5.74, 6) is -1.54. The van der Waals surface area contributed by atoms with E-state index in [1.165, 1.54) is 12.1 Å². The summed E-state index contributed by atoms with van der Waals surface area (Å²) in [7, 11) is 0. The van der Waals surface area contributed by atoms with Crippen molar-refractivity contribution in [2.45, 2.75) is 40.2 Å². The van der Waals surface area contributed by atoms with Crippen molar-refractivity contribution >= 4 is 22.7 Å². The molecular formula is C32H37F2N7O2. The predicted molar refractivity (Wildman–Crippen MR) is 168 cm³/mol. The summed E-state index contributed by atoms with van der Waals surface area (Å²) in [6.07, 6.45) is 0.815. The highest BCUT2D eigenvalue weighted by atomic mass is 19.1. The Bertz CT molecular complexity index is 1660. The van der Waals surface area contributed by atoms with Gasteiger partial charge in [-0.05, 0) is 75.3 Å². The molecule has 2 aromatic heterocycles. The van der Waals surface area contributed by atoms with Gasteiger partial charge in [0.1, 0.15) is 23.9 Å². The minimum atomic E-state index is -0.886. The van der Waals surface area contributed by atoms with Crippen molar-refractivity contribution in [3.63, 3.8) is 0 Å². The minimum Gasteiger partial charge on any atom is -0.381 e. The van der Waals surface area contributed by atoms with E-state index in [4.69, 9.17) is 4.98 Å². The van der Waals surface area contributed by atoms with Gasteiger partial charge in [0.2, 0.25) is 5.95 Å². The molecule has 2 N–H and O–H groups in total. The number of aryl methyl sites for hydroxylation is 1. The summed E-state index contributed by atoms with van der Waals surface area (Å²) >= 11 is 0. The molecule has 0 amide bonds. The first kappa shape index (κ1) is 31.4. The number of nitroso groups, excluding NO2 is 1. The van der Waals surface area contributed by atoms with E-state index >= 15 is 8.78 Å². The van der Waals surface area contributed by atoms with Crippen molar-refractivity contribution < 1.29 is 8.78 Å². The number of aromatic nitrogens is 3. The summed E-state index contributed by atoms with van der Waals surface area (Å²) < 4.78 is 31.0. The molecule has 0 fully saturated rings. The molecule has 4 rings (SSSR count). The second-order valence-electron chi connectivity index (χ2n) is 10.4. The molecule has 0 radical (unpaired) electrons. The van der Waals surface area contributed by atoms with Crippen LogP contribution in [-0.2, 0) is 0 Å². The van der Waals surface area contributed by atoms with Crippen LogP contribution < -0.4 is 16.2 Å². The molecule has 2 aromatic carbocycles. The molecule has 11 heteroatoms. The van der Waals surface area contributed by atoms with Crippen LogP contribution in [0.4, 0.5) is 14.7 Å². The van der Waals surface area contributed by atoms with Crippen LogP contribution in [0.1, 0.15) is 38.3 Å².